The number of benzene rings is 1. The second kappa shape index (κ2) is 4.92. The number of alkyl carbamates (subject to hydrolysis) is 1. The van der Waals surface area contributed by atoms with Gasteiger partial charge in [0.2, 0.25) is 5.60 Å². The Morgan fingerprint density at radius 1 is 1.45 bits per heavy atom. The van der Waals surface area contributed by atoms with E-state index in [4.69, 9.17) is 4.74 Å². The van der Waals surface area contributed by atoms with Crippen LogP contribution in [-0.4, -0.2) is 16.0 Å². The van der Waals surface area contributed by atoms with Gasteiger partial charge in [0.25, 0.3) is 5.91 Å². The fraction of sp³-hybridized carbons (Fsp3) is 0.167. The number of imide groups is 1. The van der Waals surface area contributed by atoms with Gasteiger partial charge >= 0.3 is 6.09 Å². The van der Waals surface area contributed by atoms with E-state index in [1.165, 1.54) is 9.12 Å². The third kappa shape index (κ3) is 2.04. The normalized spacial score (nSPS) is 22.1. The SMILES string of the molecule is CC1(c2cn(SI)c3ccc(Br)cc23)OC(=O)NC1=O. The van der Waals surface area contributed by atoms with Crippen LogP contribution in [0.3, 0.4) is 0 Å². The maximum Gasteiger partial charge on any atom is 0.415 e. The number of hydrogen-bond donors (Lipinski definition) is 1. The number of hydrogen-bond acceptors (Lipinski definition) is 4. The molecule has 20 heavy (non-hydrogen) atoms. The van der Waals surface area contributed by atoms with Crippen molar-refractivity contribution in [1.29, 1.82) is 0 Å². The fourth-order valence-corrected chi connectivity index (χ4v) is 3.97. The molecule has 2 amide bonds. The molecule has 104 valence electrons. The summed E-state index contributed by atoms with van der Waals surface area (Å²) >= 11 is 5.59. The lowest BCUT2D eigenvalue weighted by Crippen LogP contribution is -2.33. The van der Waals surface area contributed by atoms with Gasteiger partial charge in [-0.1, -0.05) is 15.9 Å². The molecule has 1 aliphatic heterocycles. The predicted octanol–water partition coefficient (Wildman–Crippen LogP) is 3.73. The number of aromatic nitrogens is 1. The van der Waals surface area contributed by atoms with Gasteiger partial charge in [0.15, 0.2) is 0 Å². The molecule has 0 aliphatic carbocycles. The van der Waals surface area contributed by atoms with Crippen molar-refractivity contribution in [2.24, 2.45) is 0 Å². The first-order valence-corrected chi connectivity index (χ1v) is 9.71. The van der Waals surface area contributed by atoms with Gasteiger partial charge in [-0.3, -0.25) is 14.1 Å². The first-order chi connectivity index (χ1) is 9.45. The molecule has 2 aromatic rings. The fourth-order valence-electron chi connectivity index (χ4n) is 2.26. The van der Waals surface area contributed by atoms with Crippen LogP contribution in [0.5, 0.6) is 0 Å². The zero-order valence-corrected chi connectivity index (χ0v) is 14.7. The molecular weight excluding hydrogens is 459 g/mol. The first-order valence-electron chi connectivity index (χ1n) is 5.60. The molecule has 1 aliphatic rings. The van der Waals surface area contributed by atoms with Crippen molar-refractivity contribution >= 4 is 69.2 Å². The van der Waals surface area contributed by atoms with Crippen molar-refractivity contribution in [3.63, 3.8) is 0 Å². The molecule has 2 heterocycles. The molecule has 1 saturated heterocycles. The number of cyclic esters (lactones) is 1. The molecule has 8 heteroatoms. The largest absolute Gasteiger partial charge is 0.428 e. The molecule has 1 aromatic carbocycles. The molecule has 0 radical (unpaired) electrons. The number of fused-ring (bicyclic) bond motifs is 1. The Kier molecular flexibility index (Phi) is 3.49. The minimum Gasteiger partial charge on any atom is -0.428 e. The topological polar surface area (TPSA) is 60.3 Å². The van der Waals surface area contributed by atoms with E-state index in [9.17, 15) is 9.59 Å². The average Bonchev–Trinajstić information content (AvgIpc) is 2.87. The number of nitrogens with one attached hydrogen (secondary N) is 1. The van der Waals surface area contributed by atoms with E-state index in [-0.39, 0.29) is 0 Å². The lowest BCUT2D eigenvalue weighted by molar-refractivity contribution is -0.130. The van der Waals surface area contributed by atoms with Crippen molar-refractivity contribution in [3.8, 4) is 0 Å². The van der Waals surface area contributed by atoms with Gasteiger partial charge < -0.3 is 4.74 Å². The van der Waals surface area contributed by atoms with E-state index in [0.717, 1.165) is 15.4 Å². The van der Waals surface area contributed by atoms with Crippen LogP contribution in [-0.2, 0) is 15.1 Å². The second-order valence-electron chi connectivity index (χ2n) is 4.48. The Balaban J connectivity index is 2.28. The standard InChI is InChI=1S/C12H8BrIN2O3S/c1-12(10(17)15-11(18)19-12)8-5-16(20-14)9-3-2-6(13)4-7(8)9/h2-5H,1H3,(H,15,17,18). The predicted molar refractivity (Wildman–Crippen MR) is 88.6 cm³/mol. The smallest absolute Gasteiger partial charge is 0.415 e. The summed E-state index contributed by atoms with van der Waals surface area (Å²) in [6.07, 6.45) is 1.11. The minimum atomic E-state index is -1.30. The van der Waals surface area contributed by atoms with E-state index in [1.807, 2.05) is 28.4 Å². The molecule has 1 aromatic heterocycles. The van der Waals surface area contributed by atoms with Gasteiger partial charge in [0.05, 0.1) is 5.52 Å². The molecule has 0 spiro atoms. The highest BCUT2D eigenvalue weighted by molar-refractivity contribution is 14.2. The summed E-state index contributed by atoms with van der Waals surface area (Å²) in [6, 6.07) is 5.80. The van der Waals surface area contributed by atoms with Crippen LogP contribution in [0.2, 0.25) is 0 Å². The van der Waals surface area contributed by atoms with Crippen LogP contribution >= 0.6 is 46.3 Å². The van der Waals surface area contributed by atoms with Gasteiger partial charge in [-0.15, -0.1) is 0 Å². The van der Waals surface area contributed by atoms with Gasteiger partial charge in [-0.2, -0.15) is 0 Å². The summed E-state index contributed by atoms with van der Waals surface area (Å²) in [6.45, 7) is 1.60. The van der Waals surface area contributed by atoms with Crippen molar-refractivity contribution in [2.75, 3.05) is 0 Å². The zero-order chi connectivity index (χ0) is 14.5. The van der Waals surface area contributed by atoms with Gasteiger partial charge in [0, 0.05) is 51.9 Å². The number of amides is 2. The highest BCUT2D eigenvalue weighted by Crippen LogP contribution is 2.39. The Morgan fingerprint density at radius 3 is 2.80 bits per heavy atom. The molecule has 5 nitrogen and oxygen atoms in total. The summed E-state index contributed by atoms with van der Waals surface area (Å²) in [5.41, 5.74) is 0.328. The quantitative estimate of drug-likeness (QED) is 0.685. The van der Waals surface area contributed by atoms with Crippen molar-refractivity contribution in [3.05, 3.63) is 34.4 Å². The Bertz CT molecular complexity index is 748. The molecule has 1 unspecified atom stereocenters. The maximum atomic E-state index is 12.0. The Labute approximate surface area is 139 Å². The maximum absolute atomic E-state index is 12.0. The van der Waals surface area contributed by atoms with Crippen molar-refractivity contribution in [2.45, 2.75) is 12.5 Å². The number of nitrogens with zero attached hydrogens (tertiary/aromatic N) is 1. The molecule has 0 bridgehead atoms. The molecule has 1 atom stereocenters. The number of ether oxygens (including phenoxy) is 1. The van der Waals surface area contributed by atoms with E-state index in [1.54, 1.807) is 6.92 Å². The van der Waals surface area contributed by atoms with Crippen LogP contribution < -0.4 is 5.32 Å². The molecule has 3 rings (SSSR count). The molecule has 0 saturated carbocycles. The van der Waals surface area contributed by atoms with Crippen LogP contribution in [0.1, 0.15) is 12.5 Å². The molecule has 1 N–H and O–H groups in total. The zero-order valence-electron chi connectivity index (χ0n) is 10.1. The molecule has 1 fully saturated rings. The summed E-state index contributed by atoms with van der Waals surface area (Å²) in [5, 5.41) is 3.05. The number of rotatable bonds is 2. The highest BCUT2D eigenvalue weighted by Gasteiger charge is 2.48. The number of carbonyl (C=O) groups excluding carboxylic acids is 2. The average molecular weight is 467 g/mol. The monoisotopic (exact) mass is 466 g/mol. The summed E-state index contributed by atoms with van der Waals surface area (Å²) in [7, 11) is 1.48. The number of carbonyl (C=O) groups is 2. The van der Waals surface area contributed by atoms with Crippen LogP contribution in [0, 0.1) is 0 Å². The summed E-state index contributed by atoms with van der Waals surface area (Å²) in [4.78, 5) is 23.4. The van der Waals surface area contributed by atoms with Gasteiger partial charge in [-0.05, 0) is 25.1 Å². The molecular formula is C12H8BrIN2O3S. The third-order valence-electron chi connectivity index (χ3n) is 3.27. The third-order valence-corrected chi connectivity index (χ3v) is 5.48. The second-order valence-corrected chi connectivity index (χ2v) is 7.10. The first kappa shape index (κ1) is 14.2. The Hall–Kier alpha value is -0.740. The summed E-state index contributed by atoms with van der Waals surface area (Å²) < 4.78 is 8.04. The van der Waals surface area contributed by atoms with Crippen LogP contribution in [0.25, 0.3) is 10.9 Å². The highest BCUT2D eigenvalue weighted by atomic mass is 127. The van der Waals surface area contributed by atoms with E-state index >= 15 is 0 Å². The van der Waals surface area contributed by atoms with Crippen LogP contribution in [0.15, 0.2) is 28.9 Å². The lowest BCUT2D eigenvalue weighted by Gasteiger charge is -2.18. The lowest BCUT2D eigenvalue weighted by atomic mass is 9.95. The van der Waals surface area contributed by atoms with Crippen molar-refractivity contribution in [1.82, 2.24) is 9.29 Å². The van der Waals surface area contributed by atoms with E-state index in [2.05, 4.69) is 42.5 Å². The van der Waals surface area contributed by atoms with Gasteiger partial charge in [0.1, 0.15) is 0 Å². The van der Waals surface area contributed by atoms with E-state index < -0.39 is 17.6 Å². The van der Waals surface area contributed by atoms with Crippen molar-refractivity contribution < 1.29 is 14.3 Å². The number of halogens is 2. The Morgan fingerprint density at radius 2 is 2.20 bits per heavy atom. The van der Waals surface area contributed by atoms with E-state index in [0.29, 0.717) is 5.56 Å². The van der Waals surface area contributed by atoms with Gasteiger partial charge in [-0.25, -0.2) is 4.79 Å². The summed E-state index contributed by atoms with van der Waals surface area (Å²) in [5.74, 6) is -0.444. The van der Waals surface area contributed by atoms with Crippen LogP contribution in [0.4, 0.5) is 4.79 Å². The minimum absolute atomic E-state index is 0.444.